The van der Waals surface area contributed by atoms with Crippen molar-refractivity contribution in [2.45, 2.75) is 70.4 Å². The molecule has 5 heteroatoms. The number of nitrogens with zero attached hydrogens (tertiary/aromatic N) is 3. The maximum absolute atomic E-state index is 13.0. The fourth-order valence-electron chi connectivity index (χ4n) is 3.76. The first-order valence-corrected chi connectivity index (χ1v) is 9.35. The van der Waals surface area contributed by atoms with E-state index in [9.17, 15) is 4.79 Å². The SMILES string of the molecule is CC(C)c1noc(CCC(=O)N(C2CC2)C2CCc3ccccc32)n1. The number of amides is 1. The molecule has 5 nitrogen and oxygen atoms in total. The molecule has 0 aliphatic heterocycles. The van der Waals surface area contributed by atoms with Crippen molar-refractivity contribution in [3.8, 4) is 0 Å². The van der Waals surface area contributed by atoms with Gasteiger partial charge in [-0.25, -0.2) is 0 Å². The first kappa shape index (κ1) is 16.3. The number of benzene rings is 1. The molecule has 0 saturated heterocycles. The molecule has 0 spiro atoms. The van der Waals surface area contributed by atoms with E-state index in [1.54, 1.807) is 0 Å². The van der Waals surface area contributed by atoms with Crippen LogP contribution in [0, 0.1) is 0 Å². The largest absolute Gasteiger partial charge is 0.339 e. The van der Waals surface area contributed by atoms with Crippen LogP contribution in [0.5, 0.6) is 0 Å². The second kappa shape index (κ2) is 6.62. The Kier molecular flexibility index (Phi) is 4.32. The topological polar surface area (TPSA) is 59.2 Å². The third-order valence-electron chi connectivity index (χ3n) is 5.22. The Labute approximate surface area is 148 Å². The lowest BCUT2D eigenvalue weighted by Gasteiger charge is -2.30. The number of fused-ring (bicyclic) bond motifs is 1. The van der Waals surface area contributed by atoms with Crippen molar-refractivity contribution in [1.29, 1.82) is 0 Å². The van der Waals surface area contributed by atoms with Crippen LogP contribution in [0.3, 0.4) is 0 Å². The van der Waals surface area contributed by atoms with Crippen LogP contribution in [0.25, 0.3) is 0 Å². The molecule has 0 bridgehead atoms. The Balaban J connectivity index is 1.45. The number of hydrogen-bond acceptors (Lipinski definition) is 4. The van der Waals surface area contributed by atoms with Gasteiger partial charge < -0.3 is 9.42 Å². The molecule has 4 rings (SSSR count). The van der Waals surface area contributed by atoms with Gasteiger partial charge >= 0.3 is 0 Å². The van der Waals surface area contributed by atoms with Gasteiger partial charge in [0, 0.05) is 24.8 Å². The highest BCUT2D eigenvalue weighted by molar-refractivity contribution is 5.78. The first-order valence-electron chi connectivity index (χ1n) is 9.35. The number of aryl methyl sites for hydroxylation is 2. The minimum atomic E-state index is 0.216. The van der Waals surface area contributed by atoms with Crippen LogP contribution < -0.4 is 0 Å². The van der Waals surface area contributed by atoms with E-state index in [1.165, 1.54) is 11.1 Å². The van der Waals surface area contributed by atoms with Crippen molar-refractivity contribution in [2.75, 3.05) is 0 Å². The zero-order valence-corrected chi connectivity index (χ0v) is 14.9. The Hall–Kier alpha value is -2.17. The van der Waals surface area contributed by atoms with E-state index in [0.717, 1.165) is 25.7 Å². The van der Waals surface area contributed by atoms with E-state index in [0.29, 0.717) is 30.6 Å². The molecular formula is C20H25N3O2. The molecule has 0 radical (unpaired) electrons. The van der Waals surface area contributed by atoms with Crippen LogP contribution in [-0.2, 0) is 17.6 Å². The van der Waals surface area contributed by atoms with Gasteiger partial charge in [0.1, 0.15) is 0 Å². The third-order valence-corrected chi connectivity index (χ3v) is 5.22. The first-order chi connectivity index (χ1) is 12.1. The van der Waals surface area contributed by atoms with E-state index in [2.05, 4.69) is 39.3 Å². The molecule has 1 atom stereocenters. The fourth-order valence-corrected chi connectivity index (χ4v) is 3.76. The van der Waals surface area contributed by atoms with Crippen molar-refractivity contribution in [1.82, 2.24) is 15.0 Å². The average molecular weight is 339 g/mol. The maximum Gasteiger partial charge on any atom is 0.227 e. The van der Waals surface area contributed by atoms with Crippen molar-refractivity contribution in [3.05, 3.63) is 47.1 Å². The number of carbonyl (C=O) groups is 1. The summed E-state index contributed by atoms with van der Waals surface area (Å²) >= 11 is 0. The number of carbonyl (C=O) groups excluding carboxylic acids is 1. The predicted octanol–water partition coefficient (Wildman–Crippen LogP) is 3.80. The molecule has 1 aromatic heterocycles. The standard InChI is InChI=1S/C20H25N3O2/c1-13(2)20-21-18(25-22-20)11-12-19(24)23(15-8-9-15)17-10-7-14-5-3-4-6-16(14)17/h3-6,13,15,17H,7-12H2,1-2H3. The summed E-state index contributed by atoms with van der Waals surface area (Å²) in [5, 5.41) is 3.98. The molecule has 1 saturated carbocycles. The van der Waals surface area contributed by atoms with E-state index in [4.69, 9.17) is 4.52 Å². The highest BCUT2D eigenvalue weighted by atomic mass is 16.5. The zero-order chi connectivity index (χ0) is 17.4. The summed E-state index contributed by atoms with van der Waals surface area (Å²) in [6.45, 7) is 4.07. The summed E-state index contributed by atoms with van der Waals surface area (Å²) in [5.41, 5.74) is 2.73. The van der Waals surface area contributed by atoms with Crippen LogP contribution in [0.15, 0.2) is 28.8 Å². The number of hydrogen-bond donors (Lipinski definition) is 0. The van der Waals surface area contributed by atoms with E-state index in [1.807, 2.05) is 13.8 Å². The Morgan fingerprint density at radius 1 is 1.28 bits per heavy atom. The fraction of sp³-hybridized carbons (Fsp3) is 0.550. The third kappa shape index (κ3) is 3.32. The average Bonchev–Trinajstić information content (AvgIpc) is 3.17. The molecule has 0 N–H and O–H groups in total. The van der Waals surface area contributed by atoms with Gasteiger partial charge in [-0.05, 0) is 36.8 Å². The second-order valence-electron chi connectivity index (χ2n) is 7.49. The minimum Gasteiger partial charge on any atom is -0.339 e. The lowest BCUT2D eigenvalue weighted by molar-refractivity contribution is -0.134. The molecule has 1 amide bonds. The molecule has 1 aromatic carbocycles. The predicted molar refractivity (Wildman–Crippen MR) is 94.1 cm³/mol. The molecule has 1 heterocycles. The van der Waals surface area contributed by atoms with E-state index in [-0.39, 0.29) is 17.9 Å². The Morgan fingerprint density at radius 2 is 2.08 bits per heavy atom. The summed E-state index contributed by atoms with van der Waals surface area (Å²) in [4.78, 5) is 19.5. The number of rotatable bonds is 6. The smallest absolute Gasteiger partial charge is 0.227 e. The molecule has 132 valence electrons. The van der Waals surface area contributed by atoms with Crippen molar-refractivity contribution >= 4 is 5.91 Å². The molecular weight excluding hydrogens is 314 g/mol. The van der Waals surface area contributed by atoms with Crippen molar-refractivity contribution in [2.24, 2.45) is 0 Å². The van der Waals surface area contributed by atoms with Gasteiger partial charge in [-0.15, -0.1) is 0 Å². The lowest BCUT2D eigenvalue weighted by Crippen LogP contribution is -2.36. The summed E-state index contributed by atoms with van der Waals surface area (Å²) in [6, 6.07) is 9.20. The summed E-state index contributed by atoms with van der Waals surface area (Å²) in [5.74, 6) is 1.74. The zero-order valence-electron chi connectivity index (χ0n) is 14.9. The van der Waals surface area contributed by atoms with Crippen LogP contribution in [0.2, 0.25) is 0 Å². The quantitative estimate of drug-likeness (QED) is 0.803. The monoisotopic (exact) mass is 339 g/mol. The van der Waals surface area contributed by atoms with Crippen molar-refractivity contribution in [3.63, 3.8) is 0 Å². The van der Waals surface area contributed by atoms with Gasteiger partial charge in [0.25, 0.3) is 0 Å². The van der Waals surface area contributed by atoms with Gasteiger partial charge in [0.2, 0.25) is 11.8 Å². The lowest BCUT2D eigenvalue weighted by atomic mass is 10.1. The summed E-state index contributed by atoms with van der Waals surface area (Å²) in [6.07, 6.45) is 5.33. The summed E-state index contributed by atoms with van der Waals surface area (Å²) in [7, 11) is 0. The van der Waals surface area contributed by atoms with E-state index >= 15 is 0 Å². The van der Waals surface area contributed by atoms with Gasteiger partial charge in [0.05, 0.1) is 6.04 Å². The number of aromatic nitrogens is 2. The Bertz CT molecular complexity index is 764. The molecule has 2 aliphatic carbocycles. The maximum atomic E-state index is 13.0. The van der Waals surface area contributed by atoms with Crippen LogP contribution in [-0.4, -0.2) is 27.0 Å². The summed E-state index contributed by atoms with van der Waals surface area (Å²) < 4.78 is 5.28. The minimum absolute atomic E-state index is 0.216. The molecule has 1 unspecified atom stereocenters. The van der Waals surface area contributed by atoms with Crippen LogP contribution in [0.4, 0.5) is 0 Å². The van der Waals surface area contributed by atoms with Crippen LogP contribution >= 0.6 is 0 Å². The van der Waals surface area contributed by atoms with Gasteiger partial charge in [-0.3, -0.25) is 4.79 Å². The van der Waals surface area contributed by atoms with Gasteiger partial charge in [-0.2, -0.15) is 4.98 Å². The highest BCUT2D eigenvalue weighted by Crippen LogP contribution is 2.42. The normalized spacial score (nSPS) is 19.2. The van der Waals surface area contributed by atoms with Crippen LogP contribution in [0.1, 0.15) is 74.3 Å². The Morgan fingerprint density at radius 3 is 2.80 bits per heavy atom. The van der Waals surface area contributed by atoms with Gasteiger partial charge in [0.15, 0.2) is 5.82 Å². The molecule has 2 aromatic rings. The molecule has 1 fully saturated rings. The van der Waals surface area contributed by atoms with Gasteiger partial charge in [-0.1, -0.05) is 43.3 Å². The molecule has 2 aliphatic rings. The van der Waals surface area contributed by atoms with Crippen molar-refractivity contribution < 1.29 is 9.32 Å². The highest BCUT2D eigenvalue weighted by Gasteiger charge is 2.40. The second-order valence-corrected chi connectivity index (χ2v) is 7.49. The molecule has 25 heavy (non-hydrogen) atoms. The van der Waals surface area contributed by atoms with E-state index < -0.39 is 0 Å².